The van der Waals surface area contributed by atoms with Crippen molar-refractivity contribution in [3.05, 3.63) is 114 Å². The van der Waals surface area contributed by atoms with Crippen molar-refractivity contribution >= 4 is 16.6 Å². The number of fused-ring (bicyclic) bond motifs is 1. The van der Waals surface area contributed by atoms with Crippen molar-refractivity contribution in [3.8, 4) is 17.2 Å². The summed E-state index contributed by atoms with van der Waals surface area (Å²) in [5.41, 5.74) is 3.18. The third-order valence-electron chi connectivity index (χ3n) is 7.40. The van der Waals surface area contributed by atoms with E-state index in [9.17, 15) is 15.0 Å². The number of rotatable bonds is 13. The van der Waals surface area contributed by atoms with E-state index in [1.807, 2.05) is 36.4 Å². The average molecular weight is 523 g/mol. The minimum absolute atomic E-state index is 0.0404. The molecule has 2 atom stereocenters. The van der Waals surface area contributed by atoms with E-state index in [-0.39, 0.29) is 17.3 Å². The molecule has 202 valence electrons. The molecule has 0 spiro atoms. The van der Waals surface area contributed by atoms with Gasteiger partial charge in [0.2, 0.25) is 0 Å². The van der Waals surface area contributed by atoms with Crippen LogP contribution in [0.4, 0.5) is 0 Å². The van der Waals surface area contributed by atoms with Gasteiger partial charge in [-0.2, -0.15) is 0 Å². The Kier molecular flexibility index (Phi) is 9.80. The molecule has 0 saturated heterocycles. The maximum absolute atomic E-state index is 13.5. The molecule has 0 aliphatic carbocycles. The van der Waals surface area contributed by atoms with Crippen LogP contribution < -0.4 is 4.74 Å². The van der Waals surface area contributed by atoms with Gasteiger partial charge in [0.1, 0.15) is 5.75 Å². The van der Waals surface area contributed by atoms with Gasteiger partial charge in [-0.3, -0.25) is 4.79 Å². The van der Waals surface area contributed by atoms with Gasteiger partial charge in [0.25, 0.3) is 0 Å². The molecule has 0 saturated carbocycles. The fourth-order valence-corrected chi connectivity index (χ4v) is 5.04. The summed E-state index contributed by atoms with van der Waals surface area (Å²) in [6.45, 7) is 2.30. The number of aromatic hydroxyl groups is 2. The van der Waals surface area contributed by atoms with Gasteiger partial charge >= 0.3 is 0 Å². The van der Waals surface area contributed by atoms with Crippen LogP contribution in [0.15, 0.2) is 97.1 Å². The summed E-state index contributed by atoms with van der Waals surface area (Å²) in [4.78, 5) is 13.5. The third-order valence-corrected chi connectivity index (χ3v) is 7.40. The first kappa shape index (κ1) is 28.0. The van der Waals surface area contributed by atoms with E-state index < -0.39 is 5.92 Å². The number of phenols is 2. The number of methoxy groups -OCH3 is 1. The highest BCUT2D eigenvalue weighted by atomic mass is 16.5. The standard InChI is InChI=1S/C35H38O4/c1-25(13-14-26-10-6-4-7-11-26)9-5-3-8-12-33(37)32(21-27-15-20-34(38)35(22-27)39-2)29-17-16-28-18-19-31(36)24-30(28)23-29/h4,6-8,10-12,15-20,22-25,32,36,38H,3,5,9,13-14,21H2,1-2H3/b12-8+/t25-,32-/m0/s1. The molecule has 0 heterocycles. The second kappa shape index (κ2) is 13.7. The largest absolute Gasteiger partial charge is 0.508 e. The van der Waals surface area contributed by atoms with E-state index in [1.165, 1.54) is 19.1 Å². The Balaban J connectivity index is 1.42. The van der Waals surface area contributed by atoms with Crippen molar-refractivity contribution in [3.63, 3.8) is 0 Å². The topological polar surface area (TPSA) is 66.8 Å². The maximum Gasteiger partial charge on any atom is 0.163 e. The fourth-order valence-electron chi connectivity index (χ4n) is 5.04. The molecule has 4 nitrogen and oxygen atoms in total. The highest BCUT2D eigenvalue weighted by Crippen LogP contribution is 2.32. The molecule has 0 unspecified atom stereocenters. The van der Waals surface area contributed by atoms with E-state index in [0.29, 0.717) is 18.1 Å². The van der Waals surface area contributed by atoms with Crippen LogP contribution in [0.3, 0.4) is 0 Å². The summed E-state index contributed by atoms with van der Waals surface area (Å²) in [5, 5.41) is 21.9. The number of hydrogen-bond donors (Lipinski definition) is 2. The summed E-state index contributed by atoms with van der Waals surface area (Å²) in [6, 6.07) is 27.0. The molecule has 0 aliphatic heterocycles. The van der Waals surface area contributed by atoms with Crippen LogP contribution in [0.1, 0.15) is 55.2 Å². The van der Waals surface area contributed by atoms with E-state index in [2.05, 4.69) is 37.3 Å². The summed E-state index contributed by atoms with van der Waals surface area (Å²) in [5.74, 6) is 0.942. The van der Waals surface area contributed by atoms with Gasteiger partial charge in [0, 0.05) is 0 Å². The highest BCUT2D eigenvalue weighted by molar-refractivity contribution is 5.96. The van der Waals surface area contributed by atoms with Crippen LogP contribution in [-0.4, -0.2) is 23.1 Å². The number of hydrogen-bond acceptors (Lipinski definition) is 4. The molecular weight excluding hydrogens is 484 g/mol. The minimum atomic E-state index is -0.396. The van der Waals surface area contributed by atoms with Crippen LogP contribution in [0, 0.1) is 5.92 Å². The van der Waals surface area contributed by atoms with E-state index in [0.717, 1.165) is 47.6 Å². The molecule has 39 heavy (non-hydrogen) atoms. The number of phenolic OH excluding ortho intramolecular Hbond substituents is 2. The van der Waals surface area contributed by atoms with Gasteiger partial charge in [0.05, 0.1) is 13.0 Å². The van der Waals surface area contributed by atoms with Crippen LogP contribution in [0.5, 0.6) is 17.2 Å². The first-order valence-corrected chi connectivity index (χ1v) is 13.8. The van der Waals surface area contributed by atoms with Crippen molar-refractivity contribution in [1.29, 1.82) is 0 Å². The lowest BCUT2D eigenvalue weighted by molar-refractivity contribution is -0.116. The number of carbonyl (C=O) groups is 1. The second-order valence-corrected chi connectivity index (χ2v) is 10.4. The quantitative estimate of drug-likeness (QED) is 0.137. The first-order chi connectivity index (χ1) is 18.9. The monoisotopic (exact) mass is 522 g/mol. The Hall–Kier alpha value is -4.05. The van der Waals surface area contributed by atoms with Gasteiger partial charge in [-0.25, -0.2) is 0 Å². The molecule has 0 amide bonds. The lowest BCUT2D eigenvalue weighted by Gasteiger charge is -2.17. The first-order valence-electron chi connectivity index (χ1n) is 13.8. The minimum Gasteiger partial charge on any atom is -0.508 e. The van der Waals surface area contributed by atoms with Crippen molar-refractivity contribution in [2.24, 2.45) is 5.92 Å². The van der Waals surface area contributed by atoms with Gasteiger partial charge in [0.15, 0.2) is 17.3 Å². The predicted molar refractivity (Wildman–Crippen MR) is 159 cm³/mol. The lowest BCUT2D eigenvalue weighted by atomic mass is 9.87. The number of ketones is 1. The normalized spacial score (nSPS) is 13.0. The zero-order chi connectivity index (χ0) is 27.6. The Bertz CT molecular complexity index is 1410. The third kappa shape index (κ3) is 7.97. The van der Waals surface area contributed by atoms with Gasteiger partial charge in [-0.05, 0) is 95.8 Å². The van der Waals surface area contributed by atoms with Crippen LogP contribution in [0.25, 0.3) is 10.8 Å². The number of unbranched alkanes of at least 4 members (excludes halogenated alkanes) is 1. The Labute approximate surface area is 231 Å². The zero-order valence-electron chi connectivity index (χ0n) is 22.8. The van der Waals surface area contributed by atoms with E-state index in [4.69, 9.17) is 4.74 Å². The maximum atomic E-state index is 13.5. The Morgan fingerprint density at radius 1 is 0.872 bits per heavy atom. The average Bonchev–Trinajstić information content (AvgIpc) is 2.95. The lowest BCUT2D eigenvalue weighted by Crippen LogP contribution is -2.13. The van der Waals surface area contributed by atoms with E-state index >= 15 is 0 Å². The van der Waals surface area contributed by atoms with Gasteiger partial charge in [-0.15, -0.1) is 0 Å². The SMILES string of the molecule is COc1cc(C[C@H](C(=O)/C=C/CCC[C@H](C)CCc2ccccc2)c2ccc3ccc(O)cc3c2)ccc1O. The Morgan fingerprint density at radius 2 is 1.67 bits per heavy atom. The summed E-state index contributed by atoms with van der Waals surface area (Å²) >= 11 is 0. The Morgan fingerprint density at radius 3 is 2.46 bits per heavy atom. The molecule has 0 aliphatic rings. The van der Waals surface area contributed by atoms with Crippen molar-refractivity contribution < 1.29 is 19.7 Å². The molecule has 4 aromatic carbocycles. The molecule has 4 rings (SSSR count). The molecule has 0 bridgehead atoms. The molecule has 0 fully saturated rings. The number of carbonyl (C=O) groups excluding carboxylic acids is 1. The predicted octanol–water partition coefficient (Wildman–Crippen LogP) is 8.15. The summed E-state index contributed by atoms with van der Waals surface area (Å²) in [7, 11) is 1.52. The van der Waals surface area contributed by atoms with Crippen molar-refractivity contribution in [2.45, 2.75) is 51.4 Å². The van der Waals surface area contributed by atoms with Gasteiger partial charge < -0.3 is 14.9 Å². The second-order valence-electron chi connectivity index (χ2n) is 10.4. The fraction of sp³-hybridized carbons (Fsp3) is 0.286. The smallest absolute Gasteiger partial charge is 0.163 e. The molecule has 4 heteroatoms. The molecule has 0 aromatic heterocycles. The number of allylic oxidation sites excluding steroid dienone is 2. The molecule has 0 radical (unpaired) electrons. The summed E-state index contributed by atoms with van der Waals surface area (Å²) in [6.07, 6.45) is 9.53. The summed E-state index contributed by atoms with van der Waals surface area (Å²) < 4.78 is 5.28. The van der Waals surface area contributed by atoms with E-state index in [1.54, 1.807) is 30.3 Å². The highest BCUT2D eigenvalue weighted by Gasteiger charge is 2.20. The molecule has 2 N–H and O–H groups in total. The van der Waals surface area contributed by atoms with Gasteiger partial charge in [-0.1, -0.05) is 80.1 Å². The van der Waals surface area contributed by atoms with Crippen LogP contribution in [0.2, 0.25) is 0 Å². The number of aryl methyl sites for hydroxylation is 1. The van der Waals surface area contributed by atoms with Crippen molar-refractivity contribution in [1.82, 2.24) is 0 Å². The van der Waals surface area contributed by atoms with Crippen LogP contribution >= 0.6 is 0 Å². The number of ether oxygens (including phenoxy) is 1. The van der Waals surface area contributed by atoms with Crippen molar-refractivity contribution in [2.75, 3.05) is 7.11 Å². The molecular formula is C35H38O4. The van der Waals surface area contributed by atoms with Crippen LogP contribution in [-0.2, 0) is 17.6 Å². The zero-order valence-corrected chi connectivity index (χ0v) is 22.8. The number of benzene rings is 4. The molecule has 4 aromatic rings.